The molecular formula is C2H6NZr. The van der Waals surface area contributed by atoms with Gasteiger partial charge in [-0.05, 0) is 0 Å². The third-order valence-electron chi connectivity index (χ3n) is 0. The summed E-state index contributed by atoms with van der Waals surface area (Å²) in [6.07, 6.45) is 0. The Labute approximate surface area is 42.2 Å². The van der Waals surface area contributed by atoms with Gasteiger partial charge in [0.2, 0.25) is 0 Å². The normalized spacial score (nSPS) is 8.50. The summed E-state index contributed by atoms with van der Waals surface area (Å²) >= 11 is 1.47. The predicted octanol–water partition coefficient (Wildman–Crippen LogP) is 0.00980. The first kappa shape index (κ1) is 4.84. The Bertz CT molecular complexity index is 10.8. The van der Waals surface area contributed by atoms with Gasteiger partial charge >= 0.3 is 41.9 Å². The van der Waals surface area contributed by atoms with Crippen molar-refractivity contribution < 1.29 is 25.0 Å². The zero-order chi connectivity index (χ0) is 3.58. The molecule has 0 N–H and O–H groups in total. The average Bonchev–Trinajstić information content (AvgIpc) is 0.811. The molecular weight excluding hydrogens is 129 g/mol. The summed E-state index contributed by atoms with van der Waals surface area (Å²) < 4.78 is 2.09. The van der Waals surface area contributed by atoms with Gasteiger partial charge in [0.15, 0.2) is 0 Å². The summed E-state index contributed by atoms with van der Waals surface area (Å²) in [5.74, 6) is 0. The molecule has 0 aromatic rings. The average molecular weight is 135 g/mol. The van der Waals surface area contributed by atoms with Crippen molar-refractivity contribution in [2.24, 2.45) is 0 Å². The topological polar surface area (TPSA) is 3.24 Å². The fourth-order valence-electron chi connectivity index (χ4n) is 0. The van der Waals surface area contributed by atoms with Gasteiger partial charge < -0.3 is 0 Å². The summed E-state index contributed by atoms with van der Waals surface area (Å²) in [4.78, 5) is 0. The van der Waals surface area contributed by atoms with Gasteiger partial charge in [-0.2, -0.15) is 0 Å². The summed E-state index contributed by atoms with van der Waals surface area (Å²) in [6, 6.07) is 0. The van der Waals surface area contributed by atoms with E-state index in [2.05, 4.69) is 2.84 Å². The van der Waals surface area contributed by atoms with E-state index in [1.165, 1.54) is 25.0 Å². The van der Waals surface area contributed by atoms with Gasteiger partial charge in [-0.15, -0.1) is 0 Å². The van der Waals surface area contributed by atoms with Gasteiger partial charge in [-0.1, -0.05) is 0 Å². The maximum absolute atomic E-state index is 2.09. The SMILES string of the molecule is C[N](C)[Zr]. The molecule has 23 valence electrons. The van der Waals surface area contributed by atoms with Crippen LogP contribution in [0.1, 0.15) is 0 Å². The Morgan fingerprint density at radius 1 is 1.50 bits per heavy atom. The van der Waals surface area contributed by atoms with E-state index >= 15 is 0 Å². The molecule has 0 fully saturated rings. The fraction of sp³-hybridized carbons (Fsp3) is 1.00. The summed E-state index contributed by atoms with van der Waals surface area (Å²) in [5.41, 5.74) is 0. The molecule has 0 aliphatic carbocycles. The van der Waals surface area contributed by atoms with Crippen molar-refractivity contribution in [1.82, 2.24) is 2.84 Å². The van der Waals surface area contributed by atoms with Crippen molar-refractivity contribution in [3.05, 3.63) is 0 Å². The van der Waals surface area contributed by atoms with E-state index in [-0.39, 0.29) is 0 Å². The molecule has 0 heterocycles. The van der Waals surface area contributed by atoms with Crippen molar-refractivity contribution in [3.8, 4) is 0 Å². The van der Waals surface area contributed by atoms with Crippen LogP contribution in [0.3, 0.4) is 0 Å². The van der Waals surface area contributed by atoms with Crippen molar-refractivity contribution in [2.75, 3.05) is 14.1 Å². The monoisotopic (exact) mass is 134 g/mol. The molecule has 0 aromatic heterocycles. The molecule has 2 heteroatoms. The van der Waals surface area contributed by atoms with E-state index in [9.17, 15) is 0 Å². The molecule has 4 heavy (non-hydrogen) atoms. The van der Waals surface area contributed by atoms with Crippen molar-refractivity contribution in [1.29, 1.82) is 0 Å². The Kier molecular flexibility index (Phi) is 2.55. The van der Waals surface area contributed by atoms with E-state index in [4.69, 9.17) is 0 Å². The van der Waals surface area contributed by atoms with E-state index in [1.54, 1.807) is 0 Å². The van der Waals surface area contributed by atoms with Gasteiger partial charge in [0.1, 0.15) is 0 Å². The van der Waals surface area contributed by atoms with Crippen LogP contribution in [0.2, 0.25) is 0 Å². The molecule has 0 rings (SSSR count). The molecule has 0 bridgehead atoms. The van der Waals surface area contributed by atoms with Crippen molar-refractivity contribution in [2.45, 2.75) is 0 Å². The van der Waals surface area contributed by atoms with Crippen LogP contribution in [0.15, 0.2) is 0 Å². The minimum absolute atomic E-state index is 1.47. The van der Waals surface area contributed by atoms with Crippen LogP contribution in [0.25, 0.3) is 0 Å². The van der Waals surface area contributed by atoms with Gasteiger partial charge in [0.05, 0.1) is 0 Å². The van der Waals surface area contributed by atoms with E-state index in [1.807, 2.05) is 14.1 Å². The van der Waals surface area contributed by atoms with Crippen LogP contribution in [0.4, 0.5) is 0 Å². The second-order valence-electron chi connectivity index (χ2n) is 0.894. The summed E-state index contributed by atoms with van der Waals surface area (Å²) in [5, 5.41) is 0. The Morgan fingerprint density at radius 2 is 1.50 bits per heavy atom. The third-order valence-corrected chi connectivity index (χ3v) is 0. The van der Waals surface area contributed by atoms with Gasteiger partial charge in [0, 0.05) is 0 Å². The molecule has 0 aromatic carbocycles. The summed E-state index contributed by atoms with van der Waals surface area (Å²) in [7, 11) is 4.08. The molecule has 0 saturated carbocycles. The van der Waals surface area contributed by atoms with Crippen LogP contribution in [-0.2, 0) is 25.0 Å². The fourth-order valence-corrected chi connectivity index (χ4v) is 0. The maximum atomic E-state index is 2.09. The summed E-state index contributed by atoms with van der Waals surface area (Å²) in [6.45, 7) is 0. The number of hydrogen-bond acceptors (Lipinski definition) is 1. The van der Waals surface area contributed by atoms with Crippen LogP contribution >= 0.6 is 0 Å². The number of rotatable bonds is 0. The van der Waals surface area contributed by atoms with Crippen LogP contribution in [0.5, 0.6) is 0 Å². The van der Waals surface area contributed by atoms with Crippen molar-refractivity contribution >= 4 is 0 Å². The molecule has 1 nitrogen and oxygen atoms in total. The first-order chi connectivity index (χ1) is 1.73. The number of nitrogens with zero attached hydrogens (tertiary/aromatic N) is 1. The predicted molar refractivity (Wildman–Crippen MR) is 13.7 cm³/mol. The van der Waals surface area contributed by atoms with Gasteiger partial charge in [-0.3, -0.25) is 0 Å². The van der Waals surface area contributed by atoms with Crippen LogP contribution < -0.4 is 0 Å². The van der Waals surface area contributed by atoms with Crippen LogP contribution in [0, 0.1) is 0 Å². The number of hydrogen-bond donors (Lipinski definition) is 0. The van der Waals surface area contributed by atoms with E-state index < -0.39 is 0 Å². The second kappa shape index (κ2) is 2.10. The van der Waals surface area contributed by atoms with Crippen LogP contribution in [-0.4, -0.2) is 16.9 Å². The molecule has 0 atom stereocenters. The van der Waals surface area contributed by atoms with Gasteiger partial charge in [0.25, 0.3) is 0 Å². The molecule has 0 amide bonds. The molecule has 0 radical (unpaired) electrons. The standard InChI is InChI=1S/C2H6N.Zr/c1-3-2;/h1-2H3;/q-1;+1. The Balaban J connectivity index is 2.32. The molecule has 0 aliphatic rings. The quantitative estimate of drug-likeness (QED) is 0.452. The van der Waals surface area contributed by atoms with Crippen molar-refractivity contribution in [3.63, 3.8) is 0 Å². The second-order valence-corrected chi connectivity index (χ2v) is 3.09. The zero-order valence-corrected chi connectivity index (χ0v) is 5.41. The molecule has 0 unspecified atom stereocenters. The first-order valence-corrected chi connectivity index (χ1v) is 2.22. The Hall–Kier alpha value is 0.843. The van der Waals surface area contributed by atoms with Gasteiger partial charge in [-0.25, -0.2) is 0 Å². The third kappa shape index (κ3) is 13.6. The Morgan fingerprint density at radius 3 is 1.50 bits per heavy atom. The molecule has 0 saturated heterocycles. The first-order valence-electron chi connectivity index (χ1n) is 1.12. The zero-order valence-electron chi connectivity index (χ0n) is 2.95. The van der Waals surface area contributed by atoms with E-state index in [0.717, 1.165) is 0 Å². The molecule has 0 aliphatic heterocycles. The van der Waals surface area contributed by atoms with E-state index in [0.29, 0.717) is 0 Å². The molecule has 0 spiro atoms. The minimum atomic E-state index is 1.47.